The molecule has 3 rings (SSSR count). The molecule has 0 radical (unpaired) electrons. The van der Waals surface area contributed by atoms with Crippen molar-refractivity contribution in [2.45, 2.75) is 26.1 Å². The summed E-state index contributed by atoms with van der Waals surface area (Å²) in [5.74, 6) is 0.0108. The maximum absolute atomic E-state index is 12.2. The molecule has 1 amide bonds. The summed E-state index contributed by atoms with van der Waals surface area (Å²) in [5.41, 5.74) is 1.24. The number of benzene rings is 1. The summed E-state index contributed by atoms with van der Waals surface area (Å²) >= 11 is 0. The first kappa shape index (κ1) is 16.5. The van der Waals surface area contributed by atoms with E-state index in [0.29, 0.717) is 18.7 Å². The van der Waals surface area contributed by atoms with E-state index >= 15 is 0 Å². The molecule has 2 heterocycles. The van der Waals surface area contributed by atoms with Crippen LogP contribution in [0, 0.1) is 0 Å². The first-order chi connectivity index (χ1) is 11.5. The summed E-state index contributed by atoms with van der Waals surface area (Å²) in [6.07, 6.45) is 1.71. The van der Waals surface area contributed by atoms with Crippen molar-refractivity contribution in [3.05, 3.63) is 35.4 Å². The van der Waals surface area contributed by atoms with Crippen molar-refractivity contribution < 1.29 is 23.8 Å². The number of carbonyl (C=O) groups excluding carboxylic acids is 2. The molecule has 24 heavy (non-hydrogen) atoms. The van der Waals surface area contributed by atoms with E-state index in [2.05, 4.69) is 0 Å². The van der Waals surface area contributed by atoms with Gasteiger partial charge in [0, 0.05) is 18.7 Å². The molecule has 2 aliphatic rings. The first-order valence-electron chi connectivity index (χ1n) is 8.05. The van der Waals surface area contributed by atoms with Crippen LogP contribution in [0.1, 0.15) is 19.4 Å². The third-order valence-corrected chi connectivity index (χ3v) is 3.99. The molecule has 128 valence electrons. The van der Waals surface area contributed by atoms with Crippen molar-refractivity contribution in [3.63, 3.8) is 0 Å². The predicted molar refractivity (Wildman–Crippen MR) is 87.5 cm³/mol. The van der Waals surface area contributed by atoms with Crippen molar-refractivity contribution in [1.82, 2.24) is 4.90 Å². The summed E-state index contributed by atoms with van der Waals surface area (Å²) in [6, 6.07) is 7.46. The van der Waals surface area contributed by atoms with Crippen LogP contribution in [0.5, 0.6) is 5.75 Å². The monoisotopic (exact) mass is 331 g/mol. The molecule has 0 aromatic heterocycles. The summed E-state index contributed by atoms with van der Waals surface area (Å²) < 4.78 is 16.3. The highest BCUT2D eigenvalue weighted by atomic mass is 16.5. The lowest BCUT2D eigenvalue weighted by Crippen LogP contribution is -2.49. The Kier molecular flexibility index (Phi) is 4.85. The molecule has 1 saturated heterocycles. The summed E-state index contributed by atoms with van der Waals surface area (Å²) in [4.78, 5) is 26.0. The number of hydrogen-bond acceptors (Lipinski definition) is 5. The van der Waals surface area contributed by atoms with Crippen LogP contribution in [0.3, 0.4) is 0 Å². The summed E-state index contributed by atoms with van der Waals surface area (Å²) in [6.45, 7) is 4.75. The van der Waals surface area contributed by atoms with Crippen molar-refractivity contribution in [1.29, 1.82) is 0 Å². The van der Waals surface area contributed by atoms with Gasteiger partial charge in [0.1, 0.15) is 12.4 Å². The molecule has 2 aliphatic heterocycles. The van der Waals surface area contributed by atoms with Gasteiger partial charge in [0.05, 0.1) is 17.8 Å². The van der Waals surface area contributed by atoms with Gasteiger partial charge in [-0.25, -0.2) is 4.79 Å². The minimum Gasteiger partial charge on any atom is -0.488 e. The normalized spacial score (nSPS) is 22.9. The number of para-hydroxylation sites is 1. The molecule has 0 N–H and O–H groups in total. The second-order valence-corrected chi connectivity index (χ2v) is 6.13. The number of nitrogens with zero attached hydrogens (tertiary/aromatic N) is 1. The summed E-state index contributed by atoms with van der Waals surface area (Å²) in [5, 5.41) is 0. The molecule has 0 saturated carbocycles. The van der Waals surface area contributed by atoms with Gasteiger partial charge in [-0.3, -0.25) is 4.79 Å². The van der Waals surface area contributed by atoms with Gasteiger partial charge in [0.15, 0.2) is 6.61 Å². The standard InChI is InChI=1S/C18H21NO5/c1-12-8-19(9-13(2)24-12)17(20)11-23-18(21)15-7-14-5-3-4-6-16(14)22-10-15/h3-7,12-13H,8-11H2,1-2H3/t12-,13-/m0/s1. The molecule has 1 aromatic rings. The fourth-order valence-corrected chi connectivity index (χ4v) is 2.93. The smallest absolute Gasteiger partial charge is 0.338 e. The van der Waals surface area contributed by atoms with Crippen LogP contribution in [0.15, 0.2) is 29.8 Å². The minimum atomic E-state index is -0.521. The van der Waals surface area contributed by atoms with Crippen molar-refractivity contribution in [2.75, 3.05) is 26.3 Å². The Labute approximate surface area is 141 Å². The lowest BCUT2D eigenvalue weighted by atomic mass is 10.1. The Hall–Kier alpha value is -2.34. The van der Waals surface area contributed by atoms with Gasteiger partial charge in [-0.2, -0.15) is 0 Å². The van der Waals surface area contributed by atoms with Crippen LogP contribution in [-0.2, 0) is 19.1 Å². The van der Waals surface area contributed by atoms with Gasteiger partial charge in [0.25, 0.3) is 5.91 Å². The van der Waals surface area contributed by atoms with Gasteiger partial charge in [0.2, 0.25) is 0 Å². The highest BCUT2D eigenvalue weighted by molar-refractivity contribution is 5.96. The number of carbonyl (C=O) groups is 2. The van der Waals surface area contributed by atoms with E-state index in [4.69, 9.17) is 14.2 Å². The SMILES string of the molecule is C[C@H]1CN(C(=O)COC(=O)C2=Cc3ccccc3OC2)C[C@H](C)O1. The maximum atomic E-state index is 12.2. The molecular formula is C18H21NO5. The number of amides is 1. The molecule has 0 aliphatic carbocycles. The fourth-order valence-electron chi connectivity index (χ4n) is 2.93. The highest BCUT2D eigenvalue weighted by Gasteiger charge is 2.27. The predicted octanol–water partition coefficient (Wildman–Crippen LogP) is 1.64. The average molecular weight is 331 g/mol. The number of fused-ring (bicyclic) bond motifs is 1. The first-order valence-corrected chi connectivity index (χ1v) is 8.05. The Morgan fingerprint density at radius 2 is 1.92 bits per heavy atom. The number of morpholine rings is 1. The van der Waals surface area contributed by atoms with Crippen LogP contribution >= 0.6 is 0 Å². The van der Waals surface area contributed by atoms with Gasteiger partial charge < -0.3 is 19.1 Å². The largest absolute Gasteiger partial charge is 0.488 e. The number of hydrogen-bond donors (Lipinski definition) is 0. The lowest BCUT2D eigenvalue weighted by molar-refractivity contribution is -0.155. The third-order valence-electron chi connectivity index (χ3n) is 3.99. The van der Waals surface area contributed by atoms with E-state index in [1.807, 2.05) is 38.1 Å². The number of esters is 1. The molecule has 6 heteroatoms. The molecule has 0 spiro atoms. The van der Waals surface area contributed by atoms with Crippen LogP contribution in [0.2, 0.25) is 0 Å². The van der Waals surface area contributed by atoms with E-state index in [1.54, 1.807) is 11.0 Å². The van der Waals surface area contributed by atoms with Gasteiger partial charge in [-0.1, -0.05) is 18.2 Å². The topological polar surface area (TPSA) is 65.1 Å². The van der Waals surface area contributed by atoms with Crippen molar-refractivity contribution in [2.24, 2.45) is 0 Å². The Bertz CT molecular complexity index is 659. The third kappa shape index (κ3) is 3.76. The summed E-state index contributed by atoms with van der Waals surface area (Å²) in [7, 11) is 0. The van der Waals surface area contributed by atoms with E-state index in [1.165, 1.54) is 0 Å². The van der Waals surface area contributed by atoms with Gasteiger partial charge >= 0.3 is 5.97 Å². The number of ether oxygens (including phenoxy) is 3. The van der Waals surface area contributed by atoms with Crippen molar-refractivity contribution >= 4 is 18.0 Å². The fraction of sp³-hybridized carbons (Fsp3) is 0.444. The zero-order valence-corrected chi connectivity index (χ0v) is 13.9. The maximum Gasteiger partial charge on any atom is 0.338 e. The average Bonchev–Trinajstić information content (AvgIpc) is 2.58. The molecule has 0 bridgehead atoms. The van der Waals surface area contributed by atoms with E-state index in [9.17, 15) is 9.59 Å². The van der Waals surface area contributed by atoms with Gasteiger partial charge in [-0.15, -0.1) is 0 Å². The van der Waals surface area contributed by atoms with E-state index < -0.39 is 5.97 Å². The number of rotatable bonds is 3. The molecule has 1 fully saturated rings. The van der Waals surface area contributed by atoms with Crippen LogP contribution in [-0.4, -0.2) is 55.3 Å². The second-order valence-electron chi connectivity index (χ2n) is 6.13. The lowest BCUT2D eigenvalue weighted by Gasteiger charge is -2.35. The molecule has 2 atom stereocenters. The van der Waals surface area contributed by atoms with Crippen LogP contribution in [0.25, 0.3) is 6.08 Å². The highest BCUT2D eigenvalue weighted by Crippen LogP contribution is 2.26. The van der Waals surface area contributed by atoms with E-state index in [-0.39, 0.29) is 31.3 Å². The van der Waals surface area contributed by atoms with Crippen LogP contribution in [0.4, 0.5) is 0 Å². The molecular weight excluding hydrogens is 310 g/mol. The Morgan fingerprint density at radius 3 is 2.67 bits per heavy atom. The quantitative estimate of drug-likeness (QED) is 0.788. The minimum absolute atomic E-state index is 0.0145. The zero-order chi connectivity index (χ0) is 17.1. The second kappa shape index (κ2) is 7.05. The van der Waals surface area contributed by atoms with Crippen molar-refractivity contribution in [3.8, 4) is 5.75 Å². The van der Waals surface area contributed by atoms with Crippen LogP contribution < -0.4 is 4.74 Å². The van der Waals surface area contributed by atoms with E-state index in [0.717, 1.165) is 11.3 Å². The molecule has 1 aromatic carbocycles. The zero-order valence-electron chi connectivity index (χ0n) is 13.9. The molecule has 0 unspecified atom stereocenters. The Balaban J connectivity index is 1.56. The molecule has 6 nitrogen and oxygen atoms in total. The Morgan fingerprint density at radius 1 is 1.21 bits per heavy atom. The van der Waals surface area contributed by atoms with Gasteiger partial charge in [-0.05, 0) is 26.0 Å².